The van der Waals surface area contributed by atoms with Crippen molar-refractivity contribution in [2.24, 2.45) is 5.41 Å². The maximum atomic E-state index is 5.06. The minimum Gasteiger partial charge on any atom is -0.256 e. The summed E-state index contributed by atoms with van der Waals surface area (Å²) in [4.78, 5) is 10.00. The van der Waals surface area contributed by atoms with Gasteiger partial charge in [0.15, 0.2) is 0 Å². The van der Waals surface area contributed by atoms with E-state index < -0.39 is 0 Å². The fourth-order valence-corrected chi connectivity index (χ4v) is 6.17. The Labute approximate surface area is 232 Å². The normalized spacial score (nSPS) is 16.6. The highest BCUT2D eigenvalue weighted by atomic mass is 14.7. The Morgan fingerprint density at radius 3 is 1.62 bits per heavy atom. The molecule has 39 heavy (non-hydrogen) atoms. The summed E-state index contributed by atoms with van der Waals surface area (Å²) in [7, 11) is 0. The minimum atomic E-state index is 0.0669. The van der Waals surface area contributed by atoms with Crippen LogP contribution >= 0.6 is 0 Å². The van der Waals surface area contributed by atoms with Crippen LogP contribution in [0.5, 0.6) is 0 Å². The molecule has 0 amide bonds. The van der Waals surface area contributed by atoms with Crippen LogP contribution in [-0.2, 0) is 10.8 Å². The van der Waals surface area contributed by atoms with Gasteiger partial charge in [-0.15, -0.1) is 0 Å². The first kappa shape index (κ1) is 25.2. The largest absolute Gasteiger partial charge is 0.256 e. The molecule has 0 radical (unpaired) electrons. The molecule has 0 aliphatic heterocycles. The van der Waals surface area contributed by atoms with Gasteiger partial charge in [-0.05, 0) is 68.8 Å². The third-order valence-electron chi connectivity index (χ3n) is 9.85. The number of nitrogens with zero attached hydrogens (tertiary/aromatic N) is 2. The number of fused-ring (bicyclic) bond motifs is 1. The standard InChI is InChI=1S/C37H36N2/c1-35(2)30-19-17-27(21-31(30)36(3,4)37(35,5)6)32-20-18-28(24-38-32)34-23-29(25-13-9-7-10-14-25)22-33(39-34)26-15-11-8-12-16-26/h7-24H,1-6H3. The molecule has 0 N–H and O–H groups in total. The average Bonchev–Trinajstić information content (AvgIpc) is 3.07. The fourth-order valence-electron chi connectivity index (χ4n) is 6.17. The van der Waals surface area contributed by atoms with Gasteiger partial charge in [-0.25, -0.2) is 4.98 Å². The second kappa shape index (κ2) is 9.02. The zero-order chi connectivity index (χ0) is 27.4. The summed E-state index contributed by atoms with van der Waals surface area (Å²) in [5, 5.41) is 0. The molecule has 0 bridgehead atoms. The highest BCUT2D eigenvalue weighted by Crippen LogP contribution is 2.61. The van der Waals surface area contributed by atoms with E-state index in [2.05, 4.69) is 139 Å². The van der Waals surface area contributed by atoms with E-state index in [0.717, 1.165) is 39.3 Å². The quantitative estimate of drug-likeness (QED) is 0.241. The Balaban J connectivity index is 1.40. The maximum Gasteiger partial charge on any atom is 0.0731 e. The maximum absolute atomic E-state index is 5.06. The molecule has 3 aromatic carbocycles. The van der Waals surface area contributed by atoms with Gasteiger partial charge < -0.3 is 0 Å². The molecule has 2 heteroatoms. The van der Waals surface area contributed by atoms with Crippen LogP contribution in [0.4, 0.5) is 0 Å². The number of benzene rings is 3. The lowest BCUT2D eigenvalue weighted by atomic mass is 9.59. The van der Waals surface area contributed by atoms with E-state index in [1.54, 1.807) is 0 Å². The van der Waals surface area contributed by atoms with Crippen molar-refractivity contribution in [1.82, 2.24) is 9.97 Å². The summed E-state index contributed by atoms with van der Waals surface area (Å²) in [6.45, 7) is 14.3. The lowest BCUT2D eigenvalue weighted by Crippen LogP contribution is -2.42. The monoisotopic (exact) mass is 508 g/mol. The summed E-state index contributed by atoms with van der Waals surface area (Å²) in [6.07, 6.45) is 1.97. The molecule has 0 fully saturated rings. The zero-order valence-corrected chi connectivity index (χ0v) is 23.8. The van der Waals surface area contributed by atoms with Gasteiger partial charge in [0.1, 0.15) is 0 Å². The fraction of sp³-hybridized carbons (Fsp3) is 0.243. The molecule has 1 aliphatic carbocycles. The predicted octanol–water partition coefficient (Wildman–Crippen LogP) is 9.74. The third-order valence-corrected chi connectivity index (χ3v) is 9.85. The predicted molar refractivity (Wildman–Crippen MR) is 164 cm³/mol. The van der Waals surface area contributed by atoms with Crippen LogP contribution in [0.1, 0.15) is 52.7 Å². The first-order valence-corrected chi connectivity index (χ1v) is 13.8. The molecule has 0 saturated heterocycles. The van der Waals surface area contributed by atoms with Crippen molar-refractivity contribution in [3.05, 3.63) is 120 Å². The lowest BCUT2D eigenvalue weighted by molar-refractivity contribution is 0.125. The number of pyridine rings is 2. The Hall–Kier alpha value is -4.04. The molecule has 1 aliphatic rings. The van der Waals surface area contributed by atoms with E-state index in [1.165, 1.54) is 16.7 Å². The van der Waals surface area contributed by atoms with Crippen molar-refractivity contribution in [2.75, 3.05) is 0 Å². The second-order valence-corrected chi connectivity index (χ2v) is 12.4. The Morgan fingerprint density at radius 2 is 1.00 bits per heavy atom. The number of hydrogen-bond donors (Lipinski definition) is 0. The van der Waals surface area contributed by atoms with Gasteiger partial charge in [-0.2, -0.15) is 0 Å². The molecule has 2 nitrogen and oxygen atoms in total. The van der Waals surface area contributed by atoms with Crippen LogP contribution in [0, 0.1) is 5.41 Å². The smallest absolute Gasteiger partial charge is 0.0731 e. The number of aromatic nitrogens is 2. The van der Waals surface area contributed by atoms with Crippen LogP contribution < -0.4 is 0 Å². The van der Waals surface area contributed by atoms with E-state index in [-0.39, 0.29) is 16.2 Å². The summed E-state index contributed by atoms with van der Waals surface area (Å²) in [6, 6.07) is 36.4. The summed E-state index contributed by atoms with van der Waals surface area (Å²) in [5.41, 5.74) is 11.7. The van der Waals surface area contributed by atoms with Crippen LogP contribution in [0.25, 0.3) is 44.9 Å². The van der Waals surface area contributed by atoms with E-state index in [0.29, 0.717) is 0 Å². The molecule has 2 aromatic heterocycles. The molecule has 0 atom stereocenters. The summed E-state index contributed by atoms with van der Waals surface area (Å²) < 4.78 is 0. The molecule has 0 saturated carbocycles. The summed E-state index contributed by atoms with van der Waals surface area (Å²) in [5.74, 6) is 0. The first-order chi connectivity index (χ1) is 18.6. The van der Waals surface area contributed by atoms with Gasteiger partial charge in [0.2, 0.25) is 0 Å². The third kappa shape index (κ3) is 4.01. The van der Waals surface area contributed by atoms with Crippen molar-refractivity contribution in [2.45, 2.75) is 52.4 Å². The molecular formula is C37H36N2. The number of hydrogen-bond acceptors (Lipinski definition) is 2. The van der Waals surface area contributed by atoms with Crippen molar-refractivity contribution >= 4 is 0 Å². The molecule has 6 rings (SSSR count). The molecule has 0 spiro atoms. The summed E-state index contributed by atoms with van der Waals surface area (Å²) >= 11 is 0. The van der Waals surface area contributed by atoms with Crippen molar-refractivity contribution in [1.29, 1.82) is 0 Å². The van der Waals surface area contributed by atoms with Gasteiger partial charge in [0.05, 0.1) is 17.1 Å². The zero-order valence-electron chi connectivity index (χ0n) is 23.8. The molecule has 2 heterocycles. The minimum absolute atomic E-state index is 0.0669. The average molecular weight is 509 g/mol. The van der Waals surface area contributed by atoms with Crippen molar-refractivity contribution < 1.29 is 0 Å². The van der Waals surface area contributed by atoms with Crippen LogP contribution in [-0.4, -0.2) is 9.97 Å². The van der Waals surface area contributed by atoms with Crippen molar-refractivity contribution in [3.63, 3.8) is 0 Å². The van der Waals surface area contributed by atoms with Crippen LogP contribution in [0.2, 0.25) is 0 Å². The SMILES string of the molecule is CC1(C)c2ccc(-c3ccc(-c4cc(-c5ccccc5)cc(-c5ccccc5)n4)cn3)cc2C(C)(C)C1(C)C. The second-order valence-electron chi connectivity index (χ2n) is 12.4. The van der Waals surface area contributed by atoms with E-state index in [4.69, 9.17) is 9.97 Å². The lowest BCUT2D eigenvalue weighted by Gasteiger charge is -2.44. The molecule has 194 valence electrons. The van der Waals surface area contributed by atoms with Gasteiger partial charge >= 0.3 is 0 Å². The first-order valence-electron chi connectivity index (χ1n) is 13.8. The van der Waals surface area contributed by atoms with Crippen LogP contribution in [0.3, 0.4) is 0 Å². The molecule has 0 unspecified atom stereocenters. The van der Waals surface area contributed by atoms with Gasteiger partial charge in [-0.1, -0.05) is 114 Å². The van der Waals surface area contributed by atoms with E-state index >= 15 is 0 Å². The van der Waals surface area contributed by atoms with Gasteiger partial charge in [0.25, 0.3) is 0 Å². The molecular weight excluding hydrogens is 472 g/mol. The Bertz CT molecular complexity index is 1590. The van der Waals surface area contributed by atoms with Crippen LogP contribution in [0.15, 0.2) is 109 Å². The Kier molecular flexibility index (Phi) is 5.84. The van der Waals surface area contributed by atoms with E-state index in [1.807, 2.05) is 12.3 Å². The van der Waals surface area contributed by atoms with E-state index in [9.17, 15) is 0 Å². The highest BCUT2D eigenvalue weighted by Gasteiger charge is 2.56. The molecule has 5 aromatic rings. The Morgan fingerprint density at radius 1 is 0.436 bits per heavy atom. The number of rotatable bonds is 4. The topological polar surface area (TPSA) is 25.8 Å². The van der Waals surface area contributed by atoms with Gasteiger partial charge in [-0.3, -0.25) is 4.98 Å². The van der Waals surface area contributed by atoms with Gasteiger partial charge in [0, 0.05) is 22.9 Å². The highest BCUT2D eigenvalue weighted by molar-refractivity contribution is 5.77. The van der Waals surface area contributed by atoms with Crippen molar-refractivity contribution in [3.8, 4) is 44.9 Å².